The molecule has 5 heteroatoms. The summed E-state index contributed by atoms with van der Waals surface area (Å²) in [5, 5.41) is 5.41. The summed E-state index contributed by atoms with van der Waals surface area (Å²) in [6.45, 7) is 6.14. The molecule has 4 nitrogen and oxygen atoms in total. The zero-order valence-corrected chi connectivity index (χ0v) is 21.1. The summed E-state index contributed by atoms with van der Waals surface area (Å²) in [4.78, 5) is 26.3. The van der Waals surface area contributed by atoms with Gasteiger partial charge in [0.05, 0.1) is 6.61 Å². The molecule has 0 aliphatic heterocycles. The van der Waals surface area contributed by atoms with Gasteiger partial charge in [0.2, 0.25) is 0 Å². The van der Waals surface area contributed by atoms with Crippen molar-refractivity contribution in [2.24, 2.45) is 0 Å². The normalized spacial score (nSPS) is 10.7. The molecular formula is C30H29NO3S. The van der Waals surface area contributed by atoms with Crippen molar-refractivity contribution < 1.29 is 14.3 Å². The Balaban J connectivity index is 1.63. The highest BCUT2D eigenvalue weighted by molar-refractivity contribution is 7.15. The molecule has 0 aliphatic carbocycles. The predicted molar refractivity (Wildman–Crippen MR) is 143 cm³/mol. The van der Waals surface area contributed by atoms with Crippen LogP contribution in [0.2, 0.25) is 0 Å². The number of hydrogen-bond donors (Lipinski definition) is 1. The Hall–Kier alpha value is -3.70. The van der Waals surface area contributed by atoms with Gasteiger partial charge in [-0.05, 0) is 67.5 Å². The van der Waals surface area contributed by atoms with Gasteiger partial charge in [-0.2, -0.15) is 0 Å². The average Bonchev–Trinajstić information content (AvgIpc) is 3.29. The Morgan fingerprint density at radius 1 is 0.886 bits per heavy atom. The third-order valence-electron chi connectivity index (χ3n) is 6.10. The van der Waals surface area contributed by atoms with Crippen LogP contribution in [0.4, 0.5) is 5.00 Å². The van der Waals surface area contributed by atoms with E-state index >= 15 is 0 Å². The predicted octanol–water partition coefficient (Wildman–Crippen LogP) is 7.25. The second kappa shape index (κ2) is 11.2. The van der Waals surface area contributed by atoms with E-state index in [1.54, 1.807) is 6.92 Å². The second-order valence-corrected chi connectivity index (χ2v) is 9.35. The SMILES string of the molecule is CCOC(=O)c1c(-c2ccc(C)c(C)c2)csc1NC(=O)c1ccccc1CCc1ccccc1. The van der Waals surface area contributed by atoms with E-state index in [9.17, 15) is 9.59 Å². The molecule has 0 fully saturated rings. The number of thiophene rings is 1. The van der Waals surface area contributed by atoms with Crippen LogP contribution in [0.25, 0.3) is 11.1 Å². The van der Waals surface area contributed by atoms with Crippen LogP contribution in [-0.4, -0.2) is 18.5 Å². The standard InChI is InChI=1S/C30H29NO3S/c1-4-34-30(33)27-26(24-16-14-20(2)21(3)18-24)19-35-29(27)31-28(32)25-13-9-8-12-23(25)17-15-22-10-6-5-7-11-22/h5-14,16,18-19H,4,15,17H2,1-3H3,(H,31,32). The number of anilines is 1. The summed E-state index contributed by atoms with van der Waals surface area (Å²) in [7, 11) is 0. The molecule has 0 saturated heterocycles. The largest absolute Gasteiger partial charge is 0.462 e. The lowest BCUT2D eigenvalue weighted by Crippen LogP contribution is -2.16. The van der Waals surface area contributed by atoms with E-state index in [4.69, 9.17) is 4.74 Å². The summed E-state index contributed by atoms with van der Waals surface area (Å²) in [5.41, 5.74) is 7.22. The van der Waals surface area contributed by atoms with Gasteiger partial charge in [0, 0.05) is 16.5 Å². The van der Waals surface area contributed by atoms with Crippen molar-refractivity contribution in [2.45, 2.75) is 33.6 Å². The maximum Gasteiger partial charge on any atom is 0.341 e. The summed E-state index contributed by atoms with van der Waals surface area (Å²) < 4.78 is 5.36. The minimum atomic E-state index is -0.436. The van der Waals surface area contributed by atoms with Crippen molar-refractivity contribution in [1.82, 2.24) is 0 Å². The van der Waals surface area contributed by atoms with Crippen molar-refractivity contribution >= 4 is 28.2 Å². The first-order valence-corrected chi connectivity index (χ1v) is 12.6. The van der Waals surface area contributed by atoms with Gasteiger partial charge in [-0.3, -0.25) is 4.79 Å². The van der Waals surface area contributed by atoms with E-state index in [2.05, 4.69) is 30.4 Å². The van der Waals surface area contributed by atoms with Crippen LogP contribution in [0.5, 0.6) is 0 Å². The lowest BCUT2D eigenvalue weighted by molar-refractivity contribution is 0.0529. The molecular weight excluding hydrogens is 454 g/mol. The first kappa shape index (κ1) is 24.4. The Labute approximate surface area is 210 Å². The highest BCUT2D eigenvalue weighted by atomic mass is 32.1. The fourth-order valence-corrected chi connectivity index (χ4v) is 4.98. The third-order valence-corrected chi connectivity index (χ3v) is 7.00. The molecule has 4 aromatic rings. The first-order valence-electron chi connectivity index (χ1n) is 11.8. The topological polar surface area (TPSA) is 55.4 Å². The number of rotatable bonds is 8. The van der Waals surface area contributed by atoms with Gasteiger partial charge >= 0.3 is 5.97 Å². The number of benzene rings is 3. The smallest absolute Gasteiger partial charge is 0.341 e. The number of amides is 1. The van der Waals surface area contributed by atoms with Crippen LogP contribution in [0.1, 0.15) is 49.9 Å². The molecule has 1 amide bonds. The van der Waals surface area contributed by atoms with Crippen molar-refractivity contribution in [3.05, 3.63) is 112 Å². The fourth-order valence-electron chi connectivity index (χ4n) is 4.03. The minimum Gasteiger partial charge on any atom is -0.462 e. The summed E-state index contributed by atoms with van der Waals surface area (Å²) in [6.07, 6.45) is 1.59. The Kier molecular flexibility index (Phi) is 7.78. The Morgan fingerprint density at radius 2 is 1.63 bits per heavy atom. The minimum absolute atomic E-state index is 0.229. The molecule has 0 radical (unpaired) electrons. The molecule has 0 unspecified atom stereocenters. The van der Waals surface area contributed by atoms with Gasteiger partial charge in [-0.25, -0.2) is 4.79 Å². The van der Waals surface area contributed by atoms with E-state index in [1.807, 2.05) is 66.9 Å². The first-order chi connectivity index (χ1) is 17.0. The molecule has 0 spiro atoms. The third kappa shape index (κ3) is 5.69. The molecule has 0 aliphatic rings. The lowest BCUT2D eigenvalue weighted by atomic mass is 9.98. The second-order valence-electron chi connectivity index (χ2n) is 8.47. The van der Waals surface area contributed by atoms with E-state index in [1.165, 1.54) is 22.5 Å². The number of carbonyl (C=O) groups is 2. The molecule has 1 N–H and O–H groups in total. The van der Waals surface area contributed by atoms with E-state index in [0.29, 0.717) is 16.1 Å². The van der Waals surface area contributed by atoms with Crippen LogP contribution in [-0.2, 0) is 17.6 Å². The molecule has 4 rings (SSSR count). The van der Waals surface area contributed by atoms with Gasteiger partial charge < -0.3 is 10.1 Å². The monoisotopic (exact) mass is 483 g/mol. The fraction of sp³-hybridized carbons (Fsp3) is 0.200. The highest BCUT2D eigenvalue weighted by Crippen LogP contribution is 2.37. The molecule has 0 saturated carbocycles. The van der Waals surface area contributed by atoms with Crippen LogP contribution < -0.4 is 5.32 Å². The molecule has 1 aromatic heterocycles. The van der Waals surface area contributed by atoms with E-state index < -0.39 is 5.97 Å². The van der Waals surface area contributed by atoms with Crippen molar-refractivity contribution in [2.75, 3.05) is 11.9 Å². The summed E-state index contributed by atoms with van der Waals surface area (Å²) in [6, 6.07) is 24.0. The van der Waals surface area contributed by atoms with Crippen molar-refractivity contribution in [3.8, 4) is 11.1 Å². The van der Waals surface area contributed by atoms with Crippen LogP contribution in [0.3, 0.4) is 0 Å². The van der Waals surface area contributed by atoms with Gasteiger partial charge in [0.25, 0.3) is 5.91 Å². The van der Waals surface area contributed by atoms with Gasteiger partial charge in [-0.1, -0.05) is 66.7 Å². The number of esters is 1. The Morgan fingerprint density at radius 3 is 2.37 bits per heavy atom. The molecule has 3 aromatic carbocycles. The number of carbonyl (C=O) groups excluding carboxylic acids is 2. The number of nitrogens with one attached hydrogen (secondary N) is 1. The van der Waals surface area contributed by atoms with Crippen molar-refractivity contribution in [1.29, 1.82) is 0 Å². The maximum atomic E-state index is 13.4. The molecule has 178 valence electrons. The zero-order valence-electron chi connectivity index (χ0n) is 20.3. The van der Waals surface area contributed by atoms with E-state index in [-0.39, 0.29) is 12.5 Å². The van der Waals surface area contributed by atoms with E-state index in [0.717, 1.165) is 35.1 Å². The Bertz CT molecular complexity index is 1340. The number of ether oxygens (including phenoxy) is 1. The van der Waals surface area contributed by atoms with Crippen LogP contribution in [0.15, 0.2) is 78.2 Å². The number of hydrogen-bond acceptors (Lipinski definition) is 4. The average molecular weight is 484 g/mol. The maximum absolute atomic E-state index is 13.4. The molecule has 1 heterocycles. The zero-order chi connectivity index (χ0) is 24.8. The summed E-state index contributed by atoms with van der Waals surface area (Å²) >= 11 is 1.34. The molecule has 35 heavy (non-hydrogen) atoms. The van der Waals surface area contributed by atoms with Gasteiger partial charge in [-0.15, -0.1) is 11.3 Å². The van der Waals surface area contributed by atoms with Crippen LogP contribution >= 0.6 is 11.3 Å². The highest BCUT2D eigenvalue weighted by Gasteiger charge is 2.24. The summed E-state index contributed by atoms with van der Waals surface area (Å²) in [5.74, 6) is -0.665. The van der Waals surface area contributed by atoms with Gasteiger partial charge in [0.1, 0.15) is 10.6 Å². The van der Waals surface area contributed by atoms with Crippen molar-refractivity contribution in [3.63, 3.8) is 0 Å². The van der Waals surface area contributed by atoms with Gasteiger partial charge in [0.15, 0.2) is 0 Å². The van der Waals surface area contributed by atoms with Crippen LogP contribution in [0, 0.1) is 13.8 Å². The quantitative estimate of drug-likeness (QED) is 0.269. The molecule has 0 bridgehead atoms. The molecule has 0 atom stereocenters. The lowest BCUT2D eigenvalue weighted by Gasteiger charge is -2.12. The number of aryl methyl sites for hydroxylation is 4.